The van der Waals surface area contributed by atoms with Crippen molar-refractivity contribution in [3.05, 3.63) is 35.9 Å². The van der Waals surface area contributed by atoms with Gasteiger partial charge in [-0.25, -0.2) is 4.79 Å². The third-order valence-corrected chi connectivity index (χ3v) is 3.14. The fourth-order valence-corrected chi connectivity index (χ4v) is 2.08. The number of aliphatic hydroxyl groups excluding tert-OH is 1. The van der Waals surface area contributed by atoms with Crippen LogP contribution in [0.3, 0.4) is 0 Å². The first kappa shape index (κ1) is 12.8. The molecule has 1 aliphatic rings. The van der Waals surface area contributed by atoms with Gasteiger partial charge in [0.25, 0.3) is 5.78 Å². The quantitative estimate of drug-likeness (QED) is 0.502. The maximum atomic E-state index is 11.8. The van der Waals surface area contributed by atoms with Gasteiger partial charge in [-0.15, -0.1) is 0 Å². The molecule has 1 fully saturated rings. The first-order valence-electron chi connectivity index (χ1n) is 6.15. The van der Waals surface area contributed by atoms with Crippen LogP contribution in [0.4, 0.5) is 0 Å². The van der Waals surface area contributed by atoms with Gasteiger partial charge >= 0.3 is 5.97 Å². The van der Waals surface area contributed by atoms with E-state index >= 15 is 0 Å². The van der Waals surface area contributed by atoms with Crippen LogP contribution >= 0.6 is 0 Å². The smallest absolute Gasteiger partial charge is 0.379 e. The number of Topliss-reactive ketones (excluding diaryl/α,β-unsaturated/α-hetero) is 1. The van der Waals surface area contributed by atoms with Crippen molar-refractivity contribution in [2.24, 2.45) is 0 Å². The Hall–Kier alpha value is -1.68. The van der Waals surface area contributed by atoms with Gasteiger partial charge in [0, 0.05) is 5.56 Å². The van der Waals surface area contributed by atoms with E-state index in [0.29, 0.717) is 31.2 Å². The Morgan fingerprint density at radius 1 is 1.06 bits per heavy atom. The van der Waals surface area contributed by atoms with Crippen LogP contribution in [-0.2, 0) is 9.53 Å². The number of carbonyl (C=O) groups is 2. The summed E-state index contributed by atoms with van der Waals surface area (Å²) < 4.78 is 5.16. The molecule has 0 atom stereocenters. The summed E-state index contributed by atoms with van der Waals surface area (Å²) in [5, 5.41) is 9.34. The van der Waals surface area contributed by atoms with Crippen molar-refractivity contribution in [3.8, 4) is 0 Å². The van der Waals surface area contributed by atoms with Gasteiger partial charge in [0.2, 0.25) is 0 Å². The van der Waals surface area contributed by atoms with E-state index in [2.05, 4.69) is 0 Å². The van der Waals surface area contributed by atoms with Gasteiger partial charge in [0.05, 0.1) is 6.10 Å². The Morgan fingerprint density at radius 3 is 2.28 bits per heavy atom. The van der Waals surface area contributed by atoms with Crippen molar-refractivity contribution in [2.45, 2.75) is 37.9 Å². The highest BCUT2D eigenvalue weighted by Gasteiger charge is 2.25. The number of ketones is 1. The van der Waals surface area contributed by atoms with E-state index in [9.17, 15) is 14.7 Å². The molecule has 96 valence electrons. The average Bonchev–Trinajstić information content (AvgIpc) is 2.41. The zero-order chi connectivity index (χ0) is 13.0. The molecule has 0 amide bonds. The van der Waals surface area contributed by atoms with Crippen molar-refractivity contribution in [1.82, 2.24) is 0 Å². The van der Waals surface area contributed by atoms with Crippen LogP contribution < -0.4 is 0 Å². The number of ether oxygens (including phenoxy) is 1. The SMILES string of the molecule is O=C(OC1CCC(O)CC1)C(=O)c1ccccc1. The molecule has 1 aromatic rings. The summed E-state index contributed by atoms with van der Waals surface area (Å²) in [6.07, 6.45) is 1.94. The van der Waals surface area contributed by atoms with Crippen molar-refractivity contribution < 1.29 is 19.4 Å². The van der Waals surface area contributed by atoms with Gasteiger partial charge in [-0.3, -0.25) is 4.79 Å². The minimum Gasteiger partial charge on any atom is -0.456 e. The third-order valence-electron chi connectivity index (χ3n) is 3.14. The summed E-state index contributed by atoms with van der Waals surface area (Å²) in [6.45, 7) is 0. The Morgan fingerprint density at radius 2 is 1.67 bits per heavy atom. The number of carbonyl (C=O) groups excluding carboxylic acids is 2. The Bertz CT molecular complexity index is 419. The zero-order valence-electron chi connectivity index (χ0n) is 10.0. The molecule has 1 N–H and O–H groups in total. The normalized spacial score (nSPS) is 23.4. The minimum atomic E-state index is -0.803. The summed E-state index contributed by atoms with van der Waals surface area (Å²) in [4.78, 5) is 23.4. The van der Waals surface area contributed by atoms with E-state index in [1.165, 1.54) is 0 Å². The predicted molar refractivity (Wildman–Crippen MR) is 65.1 cm³/mol. The standard InChI is InChI=1S/C14H16O4/c15-11-6-8-12(9-7-11)18-14(17)13(16)10-4-2-1-3-5-10/h1-5,11-12,15H,6-9H2. The van der Waals surface area contributed by atoms with E-state index in [1.807, 2.05) is 0 Å². The first-order chi connectivity index (χ1) is 8.66. The molecule has 1 aromatic carbocycles. The van der Waals surface area contributed by atoms with Gasteiger partial charge in [-0.2, -0.15) is 0 Å². The van der Waals surface area contributed by atoms with Gasteiger partial charge < -0.3 is 9.84 Å². The molecule has 0 aromatic heterocycles. The molecule has 1 aliphatic carbocycles. The molecule has 0 radical (unpaired) electrons. The third kappa shape index (κ3) is 3.17. The summed E-state index contributed by atoms with van der Waals surface area (Å²) >= 11 is 0. The summed E-state index contributed by atoms with van der Waals surface area (Å²) in [6, 6.07) is 8.38. The van der Waals surface area contributed by atoms with Crippen LogP contribution in [0.1, 0.15) is 36.0 Å². The van der Waals surface area contributed by atoms with Crippen LogP contribution in [0.15, 0.2) is 30.3 Å². The molecule has 0 aliphatic heterocycles. The molecular formula is C14H16O4. The molecule has 4 nitrogen and oxygen atoms in total. The highest BCUT2D eigenvalue weighted by molar-refractivity contribution is 6.40. The molecule has 18 heavy (non-hydrogen) atoms. The number of hydrogen-bond donors (Lipinski definition) is 1. The molecule has 0 unspecified atom stereocenters. The lowest BCUT2D eigenvalue weighted by molar-refractivity contribution is -0.145. The molecule has 4 heteroatoms. The summed E-state index contributed by atoms with van der Waals surface area (Å²) in [7, 11) is 0. The molecule has 0 saturated heterocycles. The second-order valence-corrected chi connectivity index (χ2v) is 4.53. The maximum Gasteiger partial charge on any atom is 0.379 e. The molecule has 0 heterocycles. The molecule has 0 bridgehead atoms. The van der Waals surface area contributed by atoms with E-state index in [-0.39, 0.29) is 12.2 Å². The average molecular weight is 248 g/mol. The lowest BCUT2D eigenvalue weighted by Crippen LogP contribution is -2.29. The first-order valence-corrected chi connectivity index (χ1v) is 6.15. The largest absolute Gasteiger partial charge is 0.456 e. The predicted octanol–water partition coefficient (Wildman–Crippen LogP) is 1.72. The fraction of sp³-hybridized carbons (Fsp3) is 0.429. The molecular weight excluding hydrogens is 232 g/mol. The maximum absolute atomic E-state index is 11.8. The van der Waals surface area contributed by atoms with Crippen LogP contribution in [0.2, 0.25) is 0 Å². The van der Waals surface area contributed by atoms with Crippen LogP contribution in [0.25, 0.3) is 0 Å². The Balaban J connectivity index is 1.90. The van der Waals surface area contributed by atoms with Crippen molar-refractivity contribution >= 4 is 11.8 Å². The van der Waals surface area contributed by atoms with Gasteiger partial charge in [-0.05, 0) is 25.7 Å². The van der Waals surface area contributed by atoms with Gasteiger partial charge in [-0.1, -0.05) is 30.3 Å². The topological polar surface area (TPSA) is 63.6 Å². The lowest BCUT2D eigenvalue weighted by Gasteiger charge is -2.24. The second-order valence-electron chi connectivity index (χ2n) is 4.53. The van der Waals surface area contributed by atoms with Gasteiger partial charge in [0.15, 0.2) is 0 Å². The van der Waals surface area contributed by atoms with E-state index in [1.54, 1.807) is 30.3 Å². The van der Waals surface area contributed by atoms with E-state index in [4.69, 9.17) is 4.74 Å². The van der Waals surface area contributed by atoms with E-state index in [0.717, 1.165) is 0 Å². The van der Waals surface area contributed by atoms with Crippen LogP contribution in [0.5, 0.6) is 0 Å². The summed E-state index contributed by atoms with van der Waals surface area (Å²) in [5.74, 6) is -1.41. The summed E-state index contributed by atoms with van der Waals surface area (Å²) in [5.41, 5.74) is 0.346. The zero-order valence-corrected chi connectivity index (χ0v) is 10.0. The van der Waals surface area contributed by atoms with Crippen molar-refractivity contribution in [2.75, 3.05) is 0 Å². The van der Waals surface area contributed by atoms with Crippen LogP contribution in [-0.4, -0.2) is 29.1 Å². The van der Waals surface area contributed by atoms with E-state index < -0.39 is 11.8 Å². The highest BCUT2D eigenvalue weighted by atomic mass is 16.5. The van der Waals surface area contributed by atoms with Crippen LogP contribution in [0, 0.1) is 0 Å². The highest BCUT2D eigenvalue weighted by Crippen LogP contribution is 2.21. The second kappa shape index (κ2) is 5.78. The molecule has 2 rings (SSSR count). The van der Waals surface area contributed by atoms with Crippen molar-refractivity contribution in [1.29, 1.82) is 0 Å². The monoisotopic (exact) mass is 248 g/mol. The fourth-order valence-electron chi connectivity index (χ4n) is 2.08. The number of hydrogen-bond acceptors (Lipinski definition) is 4. The van der Waals surface area contributed by atoms with Crippen molar-refractivity contribution in [3.63, 3.8) is 0 Å². The Kier molecular flexibility index (Phi) is 4.10. The Labute approximate surface area is 106 Å². The number of aliphatic hydroxyl groups is 1. The number of esters is 1. The molecule has 1 saturated carbocycles. The minimum absolute atomic E-state index is 0.242. The number of benzene rings is 1. The molecule has 0 spiro atoms. The van der Waals surface area contributed by atoms with Gasteiger partial charge in [0.1, 0.15) is 6.10 Å². The lowest BCUT2D eigenvalue weighted by atomic mass is 9.95. The number of rotatable bonds is 3.